The van der Waals surface area contributed by atoms with Gasteiger partial charge in [-0.1, -0.05) is 6.92 Å². The van der Waals surface area contributed by atoms with E-state index in [0.29, 0.717) is 12.8 Å². The van der Waals surface area contributed by atoms with Crippen LogP contribution in [0, 0.1) is 11.8 Å². The van der Waals surface area contributed by atoms with Crippen LogP contribution in [0.25, 0.3) is 0 Å². The van der Waals surface area contributed by atoms with Crippen molar-refractivity contribution in [3.05, 3.63) is 18.0 Å². The van der Waals surface area contributed by atoms with Crippen molar-refractivity contribution in [2.45, 2.75) is 57.9 Å². The zero-order valence-corrected chi connectivity index (χ0v) is 11.6. The number of halogens is 3. The molecule has 1 aromatic heterocycles. The number of aryl methyl sites for hydroxylation is 1. The van der Waals surface area contributed by atoms with Crippen molar-refractivity contribution in [2.75, 3.05) is 0 Å². The van der Waals surface area contributed by atoms with Crippen LogP contribution in [0.3, 0.4) is 0 Å². The molecule has 1 aliphatic rings. The zero-order chi connectivity index (χ0) is 14.8. The summed E-state index contributed by atoms with van der Waals surface area (Å²) < 4.78 is 39.6. The predicted molar refractivity (Wildman–Crippen MR) is 69.0 cm³/mol. The van der Waals surface area contributed by atoms with E-state index < -0.39 is 18.2 Å². The summed E-state index contributed by atoms with van der Waals surface area (Å²) in [6.07, 6.45) is -1.19. The van der Waals surface area contributed by atoms with Crippen LogP contribution in [0.2, 0.25) is 0 Å². The van der Waals surface area contributed by atoms with Crippen LogP contribution < -0.4 is 0 Å². The molecule has 6 heteroatoms. The second kappa shape index (κ2) is 6.16. The van der Waals surface area contributed by atoms with Crippen LogP contribution in [0.1, 0.15) is 50.8 Å². The van der Waals surface area contributed by atoms with Crippen molar-refractivity contribution < 1.29 is 18.3 Å². The van der Waals surface area contributed by atoms with Crippen LogP contribution >= 0.6 is 0 Å². The maximum Gasteiger partial charge on any atom is 0.391 e. The van der Waals surface area contributed by atoms with Gasteiger partial charge in [0.25, 0.3) is 0 Å². The molecular weight excluding hydrogens is 269 g/mol. The van der Waals surface area contributed by atoms with Gasteiger partial charge in [-0.3, -0.25) is 4.68 Å². The van der Waals surface area contributed by atoms with Crippen LogP contribution in [0.5, 0.6) is 0 Å². The summed E-state index contributed by atoms with van der Waals surface area (Å²) in [4.78, 5) is 0. The van der Waals surface area contributed by atoms with Crippen LogP contribution in [0.15, 0.2) is 12.3 Å². The fourth-order valence-corrected chi connectivity index (χ4v) is 3.00. The Morgan fingerprint density at radius 1 is 1.35 bits per heavy atom. The smallest absolute Gasteiger partial charge is 0.387 e. The van der Waals surface area contributed by atoms with Gasteiger partial charge in [-0.15, -0.1) is 0 Å². The SMILES string of the molecule is CCCn1nccc1C(O)C1CCC(C(F)(F)F)CC1. The Kier molecular flexibility index (Phi) is 4.73. The summed E-state index contributed by atoms with van der Waals surface area (Å²) in [7, 11) is 0. The van der Waals surface area contributed by atoms with Gasteiger partial charge >= 0.3 is 6.18 Å². The first-order valence-electron chi connectivity index (χ1n) is 7.20. The molecule has 0 radical (unpaired) electrons. The molecule has 1 aliphatic carbocycles. The molecule has 3 nitrogen and oxygen atoms in total. The predicted octanol–water partition coefficient (Wildman–Crippen LogP) is 3.70. The van der Waals surface area contributed by atoms with E-state index in [1.165, 1.54) is 0 Å². The van der Waals surface area contributed by atoms with Crippen LogP contribution in [0.4, 0.5) is 13.2 Å². The van der Waals surface area contributed by atoms with E-state index in [2.05, 4.69) is 5.10 Å². The highest BCUT2D eigenvalue weighted by Crippen LogP contribution is 2.43. The highest BCUT2D eigenvalue weighted by atomic mass is 19.4. The highest BCUT2D eigenvalue weighted by Gasteiger charge is 2.42. The molecule has 0 aromatic carbocycles. The molecule has 0 bridgehead atoms. The second-order valence-corrected chi connectivity index (χ2v) is 5.58. The quantitative estimate of drug-likeness (QED) is 0.918. The van der Waals surface area contributed by atoms with Crippen molar-refractivity contribution in [1.82, 2.24) is 9.78 Å². The Hall–Kier alpha value is -1.04. The van der Waals surface area contributed by atoms with Gasteiger partial charge < -0.3 is 5.11 Å². The lowest BCUT2D eigenvalue weighted by molar-refractivity contribution is -0.186. The Labute approximate surface area is 116 Å². The molecule has 1 aromatic rings. The monoisotopic (exact) mass is 290 g/mol. The number of hydrogen-bond acceptors (Lipinski definition) is 2. The van der Waals surface area contributed by atoms with E-state index >= 15 is 0 Å². The van der Waals surface area contributed by atoms with Gasteiger partial charge in [-0.2, -0.15) is 18.3 Å². The molecule has 1 N–H and O–H groups in total. The van der Waals surface area contributed by atoms with Crippen molar-refractivity contribution in [3.8, 4) is 0 Å². The minimum Gasteiger partial charge on any atom is -0.387 e. The summed E-state index contributed by atoms with van der Waals surface area (Å²) in [5.74, 6) is -1.30. The highest BCUT2D eigenvalue weighted by molar-refractivity contribution is 5.06. The number of nitrogens with zero attached hydrogens (tertiary/aromatic N) is 2. The lowest BCUT2D eigenvalue weighted by Gasteiger charge is -2.32. The largest absolute Gasteiger partial charge is 0.391 e. The number of alkyl halides is 3. The van der Waals surface area contributed by atoms with Crippen molar-refractivity contribution in [3.63, 3.8) is 0 Å². The van der Waals surface area contributed by atoms with E-state index in [4.69, 9.17) is 0 Å². The van der Waals surface area contributed by atoms with Crippen molar-refractivity contribution >= 4 is 0 Å². The number of rotatable bonds is 4. The summed E-state index contributed by atoms with van der Waals surface area (Å²) in [6, 6.07) is 1.76. The van der Waals surface area contributed by atoms with Gasteiger partial charge in [-0.05, 0) is 44.1 Å². The van der Waals surface area contributed by atoms with Gasteiger partial charge in [0.1, 0.15) is 0 Å². The van der Waals surface area contributed by atoms with Crippen molar-refractivity contribution in [2.24, 2.45) is 11.8 Å². The molecule has 114 valence electrons. The number of aromatic nitrogens is 2. The van der Waals surface area contributed by atoms with Gasteiger partial charge in [-0.25, -0.2) is 0 Å². The van der Waals surface area contributed by atoms with Gasteiger partial charge in [0.05, 0.1) is 17.7 Å². The topological polar surface area (TPSA) is 38.0 Å². The molecule has 0 saturated heterocycles. The Balaban J connectivity index is 1.98. The van der Waals surface area contributed by atoms with E-state index in [0.717, 1.165) is 18.7 Å². The fourth-order valence-electron chi connectivity index (χ4n) is 3.00. The molecule has 0 amide bonds. The first-order chi connectivity index (χ1) is 9.43. The zero-order valence-electron chi connectivity index (χ0n) is 11.6. The van der Waals surface area contributed by atoms with E-state index in [9.17, 15) is 18.3 Å². The summed E-state index contributed by atoms with van der Waals surface area (Å²) in [6.45, 7) is 2.74. The summed E-state index contributed by atoms with van der Waals surface area (Å²) >= 11 is 0. The van der Waals surface area contributed by atoms with Gasteiger partial charge in [0.15, 0.2) is 0 Å². The molecular formula is C14H21F3N2O. The molecule has 2 rings (SSSR count). The van der Waals surface area contributed by atoms with E-state index in [1.54, 1.807) is 16.9 Å². The fraction of sp³-hybridized carbons (Fsp3) is 0.786. The third-order valence-electron chi connectivity index (χ3n) is 4.17. The third kappa shape index (κ3) is 3.34. The van der Waals surface area contributed by atoms with E-state index in [-0.39, 0.29) is 18.8 Å². The standard InChI is InChI=1S/C14H21F3N2O/c1-2-9-19-12(7-8-18-19)13(20)10-3-5-11(6-4-10)14(15,16)17/h7-8,10-11,13,20H,2-6,9H2,1H3. The molecule has 0 spiro atoms. The average molecular weight is 290 g/mol. The normalized spacial score (nSPS) is 25.6. The average Bonchev–Trinajstić information content (AvgIpc) is 2.86. The molecule has 1 saturated carbocycles. The van der Waals surface area contributed by atoms with Gasteiger partial charge in [0, 0.05) is 12.7 Å². The molecule has 0 aliphatic heterocycles. The number of aliphatic hydroxyl groups is 1. The molecule has 1 fully saturated rings. The Bertz CT molecular complexity index is 422. The number of hydrogen-bond donors (Lipinski definition) is 1. The molecule has 1 unspecified atom stereocenters. The van der Waals surface area contributed by atoms with E-state index in [1.807, 2.05) is 6.92 Å². The summed E-state index contributed by atoms with van der Waals surface area (Å²) in [5.41, 5.74) is 0.724. The molecule has 1 atom stereocenters. The minimum absolute atomic E-state index is 0.0964. The second-order valence-electron chi connectivity index (χ2n) is 5.58. The number of aliphatic hydroxyl groups excluding tert-OH is 1. The van der Waals surface area contributed by atoms with Gasteiger partial charge in [0.2, 0.25) is 0 Å². The maximum atomic E-state index is 12.6. The maximum absolute atomic E-state index is 12.6. The minimum atomic E-state index is -4.10. The van der Waals surface area contributed by atoms with Crippen molar-refractivity contribution in [1.29, 1.82) is 0 Å². The summed E-state index contributed by atoms with van der Waals surface area (Å²) in [5, 5.41) is 14.5. The Morgan fingerprint density at radius 2 is 2.00 bits per heavy atom. The molecule has 1 heterocycles. The lowest BCUT2D eigenvalue weighted by Crippen LogP contribution is -2.30. The lowest BCUT2D eigenvalue weighted by atomic mass is 9.78. The van der Waals surface area contributed by atoms with Crippen LogP contribution in [-0.2, 0) is 6.54 Å². The third-order valence-corrected chi connectivity index (χ3v) is 4.17. The van der Waals surface area contributed by atoms with Crippen LogP contribution in [-0.4, -0.2) is 21.1 Å². The first-order valence-corrected chi connectivity index (χ1v) is 7.20. The molecule has 20 heavy (non-hydrogen) atoms. The Morgan fingerprint density at radius 3 is 2.55 bits per heavy atom. The first kappa shape index (κ1) is 15.4.